The number of rotatable bonds is 6. The first-order chi connectivity index (χ1) is 8.66. The lowest BCUT2D eigenvalue weighted by atomic mass is 10.00. The first-order valence-electron chi connectivity index (χ1n) is 6.53. The fraction of sp³-hybridized carbons (Fsp3) is 0.750. The fourth-order valence-electron chi connectivity index (χ4n) is 2.54. The highest BCUT2D eigenvalue weighted by Gasteiger charge is 2.20. The molecule has 1 saturated carbocycles. The molecule has 1 atom stereocenters. The number of nitrogens with zero attached hydrogens (tertiary/aromatic N) is 3. The van der Waals surface area contributed by atoms with Gasteiger partial charge in [-0.2, -0.15) is 0 Å². The second-order valence-corrected chi connectivity index (χ2v) is 4.96. The molecule has 0 aromatic carbocycles. The number of aromatic carboxylic acids is 1. The van der Waals surface area contributed by atoms with Crippen LogP contribution < -0.4 is 5.32 Å². The Bertz CT molecular complexity index is 399. The Morgan fingerprint density at radius 3 is 2.94 bits per heavy atom. The van der Waals surface area contributed by atoms with E-state index in [0.29, 0.717) is 12.6 Å². The number of aromatic nitrogens is 3. The van der Waals surface area contributed by atoms with E-state index in [1.165, 1.54) is 31.9 Å². The zero-order valence-corrected chi connectivity index (χ0v) is 10.7. The number of hydrogen-bond acceptors (Lipinski definition) is 4. The van der Waals surface area contributed by atoms with E-state index in [0.717, 1.165) is 12.5 Å². The van der Waals surface area contributed by atoms with Crippen LogP contribution in [0.15, 0.2) is 6.20 Å². The van der Waals surface area contributed by atoms with Crippen LogP contribution in [-0.4, -0.2) is 38.7 Å². The minimum absolute atomic E-state index is 0.00107. The van der Waals surface area contributed by atoms with Crippen LogP contribution >= 0.6 is 0 Å². The molecule has 6 nitrogen and oxygen atoms in total. The summed E-state index contributed by atoms with van der Waals surface area (Å²) in [4.78, 5) is 10.6. The largest absolute Gasteiger partial charge is 0.476 e. The van der Waals surface area contributed by atoms with Crippen molar-refractivity contribution in [3.05, 3.63) is 11.9 Å². The van der Waals surface area contributed by atoms with Gasteiger partial charge < -0.3 is 10.4 Å². The predicted molar refractivity (Wildman–Crippen MR) is 66.4 cm³/mol. The van der Waals surface area contributed by atoms with Crippen molar-refractivity contribution in [2.24, 2.45) is 5.92 Å². The molecule has 1 heterocycles. The maximum atomic E-state index is 10.6. The summed E-state index contributed by atoms with van der Waals surface area (Å²) in [6, 6.07) is 0.523. The molecule has 1 aliphatic carbocycles. The summed E-state index contributed by atoms with van der Waals surface area (Å²) in [6.07, 6.45) is 6.80. The quantitative estimate of drug-likeness (QED) is 0.793. The monoisotopic (exact) mass is 252 g/mol. The van der Waals surface area contributed by atoms with Gasteiger partial charge in [0, 0.05) is 12.6 Å². The van der Waals surface area contributed by atoms with Crippen LogP contribution in [0.1, 0.15) is 43.1 Å². The molecule has 2 N–H and O–H groups in total. The van der Waals surface area contributed by atoms with Crippen LogP contribution in [0.25, 0.3) is 0 Å². The summed E-state index contributed by atoms with van der Waals surface area (Å²) in [6.45, 7) is 3.66. The van der Waals surface area contributed by atoms with Crippen LogP contribution in [0, 0.1) is 5.92 Å². The van der Waals surface area contributed by atoms with Gasteiger partial charge >= 0.3 is 5.97 Å². The van der Waals surface area contributed by atoms with Crippen molar-refractivity contribution in [1.82, 2.24) is 20.3 Å². The lowest BCUT2D eigenvalue weighted by Crippen LogP contribution is -2.34. The van der Waals surface area contributed by atoms with Crippen LogP contribution in [0.3, 0.4) is 0 Å². The van der Waals surface area contributed by atoms with Gasteiger partial charge in [-0.3, -0.25) is 4.68 Å². The first kappa shape index (κ1) is 13.0. The fourth-order valence-corrected chi connectivity index (χ4v) is 2.54. The van der Waals surface area contributed by atoms with Crippen molar-refractivity contribution in [1.29, 1.82) is 0 Å². The van der Waals surface area contributed by atoms with E-state index in [1.54, 1.807) is 4.68 Å². The molecule has 0 spiro atoms. The third-order valence-corrected chi connectivity index (χ3v) is 3.67. The van der Waals surface area contributed by atoms with Crippen molar-refractivity contribution in [3.63, 3.8) is 0 Å². The van der Waals surface area contributed by atoms with Gasteiger partial charge in [-0.1, -0.05) is 18.1 Å². The molecule has 0 saturated heterocycles. The second kappa shape index (κ2) is 5.95. The topological polar surface area (TPSA) is 80.0 Å². The van der Waals surface area contributed by atoms with E-state index < -0.39 is 5.97 Å². The standard InChI is InChI=1S/C12H20N4O2/c1-9(10-4-2-3-5-10)13-6-7-16-8-11(12(17)18)14-15-16/h8-10,13H,2-7H2,1H3,(H,17,18). The van der Waals surface area contributed by atoms with Crippen LogP contribution in [-0.2, 0) is 6.54 Å². The lowest BCUT2D eigenvalue weighted by Gasteiger charge is -2.20. The number of nitrogens with one attached hydrogen (secondary N) is 1. The SMILES string of the molecule is CC(NCCn1cc(C(=O)O)nn1)C1CCCC1. The van der Waals surface area contributed by atoms with Gasteiger partial charge in [0.15, 0.2) is 5.69 Å². The van der Waals surface area contributed by atoms with Crippen molar-refractivity contribution in [3.8, 4) is 0 Å². The Labute approximate surface area is 106 Å². The first-order valence-corrected chi connectivity index (χ1v) is 6.53. The molecule has 0 bridgehead atoms. The van der Waals surface area contributed by atoms with Gasteiger partial charge in [-0.05, 0) is 25.7 Å². The number of hydrogen-bond donors (Lipinski definition) is 2. The Balaban J connectivity index is 1.72. The third kappa shape index (κ3) is 3.29. The average Bonchev–Trinajstić information content (AvgIpc) is 3.00. The molecule has 0 aliphatic heterocycles. The maximum absolute atomic E-state index is 10.6. The molecular weight excluding hydrogens is 232 g/mol. The van der Waals surface area contributed by atoms with Gasteiger partial charge in [-0.15, -0.1) is 5.10 Å². The summed E-state index contributed by atoms with van der Waals surface area (Å²) in [5.74, 6) is -0.246. The molecule has 1 aromatic heterocycles. The Kier molecular flexibility index (Phi) is 4.30. The highest BCUT2D eigenvalue weighted by molar-refractivity contribution is 5.84. The average molecular weight is 252 g/mol. The number of carboxylic acid groups (broad SMARTS) is 1. The van der Waals surface area contributed by atoms with Crippen molar-refractivity contribution in [2.45, 2.75) is 45.2 Å². The minimum Gasteiger partial charge on any atom is -0.476 e. The summed E-state index contributed by atoms with van der Waals surface area (Å²) < 4.78 is 1.57. The molecule has 18 heavy (non-hydrogen) atoms. The number of carboxylic acids is 1. The van der Waals surface area contributed by atoms with Crippen LogP contribution in [0.4, 0.5) is 0 Å². The molecule has 1 aromatic rings. The van der Waals surface area contributed by atoms with Gasteiger partial charge in [0.05, 0.1) is 12.7 Å². The minimum atomic E-state index is -1.03. The second-order valence-electron chi connectivity index (χ2n) is 4.96. The van der Waals surface area contributed by atoms with E-state index in [4.69, 9.17) is 5.11 Å². The Morgan fingerprint density at radius 2 is 2.33 bits per heavy atom. The highest BCUT2D eigenvalue weighted by atomic mass is 16.4. The normalized spacial score (nSPS) is 18.1. The summed E-state index contributed by atoms with van der Waals surface area (Å²) in [5.41, 5.74) is -0.00107. The molecule has 0 radical (unpaired) electrons. The zero-order valence-electron chi connectivity index (χ0n) is 10.7. The molecule has 1 aliphatic rings. The third-order valence-electron chi connectivity index (χ3n) is 3.67. The summed E-state index contributed by atoms with van der Waals surface area (Å²) in [5, 5.41) is 19.6. The van der Waals surface area contributed by atoms with E-state index in [9.17, 15) is 4.79 Å². The molecule has 6 heteroatoms. The maximum Gasteiger partial charge on any atom is 0.358 e. The Morgan fingerprint density at radius 1 is 1.61 bits per heavy atom. The van der Waals surface area contributed by atoms with Crippen molar-refractivity contribution < 1.29 is 9.90 Å². The summed E-state index contributed by atoms with van der Waals surface area (Å²) >= 11 is 0. The van der Waals surface area contributed by atoms with E-state index in [-0.39, 0.29) is 5.69 Å². The molecule has 2 rings (SSSR count). The zero-order chi connectivity index (χ0) is 13.0. The van der Waals surface area contributed by atoms with Crippen molar-refractivity contribution >= 4 is 5.97 Å². The molecule has 1 fully saturated rings. The number of carbonyl (C=O) groups is 1. The summed E-state index contributed by atoms with van der Waals surface area (Å²) in [7, 11) is 0. The highest BCUT2D eigenvalue weighted by Crippen LogP contribution is 2.27. The lowest BCUT2D eigenvalue weighted by molar-refractivity contribution is 0.0690. The van der Waals surface area contributed by atoms with E-state index >= 15 is 0 Å². The predicted octanol–water partition coefficient (Wildman–Crippen LogP) is 1.14. The van der Waals surface area contributed by atoms with Gasteiger partial charge in [0.1, 0.15) is 0 Å². The van der Waals surface area contributed by atoms with E-state index in [2.05, 4.69) is 22.6 Å². The van der Waals surface area contributed by atoms with Gasteiger partial charge in [0.25, 0.3) is 0 Å². The van der Waals surface area contributed by atoms with Gasteiger partial charge in [-0.25, -0.2) is 4.79 Å². The molecule has 100 valence electrons. The van der Waals surface area contributed by atoms with Crippen molar-refractivity contribution in [2.75, 3.05) is 6.54 Å². The van der Waals surface area contributed by atoms with Gasteiger partial charge in [0.2, 0.25) is 0 Å². The molecule has 0 amide bonds. The van der Waals surface area contributed by atoms with Crippen LogP contribution in [0.5, 0.6) is 0 Å². The molecular formula is C12H20N4O2. The molecule has 1 unspecified atom stereocenters. The van der Waals surface area contributed by atoms with E-state index in [1.807, 2.05) is 0 Å². The Hall–Kier alpha value is -1.43. The van der Waals surface area contributed by atoms with Crippen LogP contribution in [0.2, 0.25) is 0 Å². The smallest absolute Gasteiger partial charge is 0.358 e.